The number of nitrogens with zero attached hydrogens (tertiary/aromatic N) is 2. The zero-order valence-corrected chi connectivity index (χ0v) is 20.7. The van der Waals surface area contributed by atoms with E-state index in [4.69, 9.17) is 4.98 Å². The van der Waals surface area contributed by atoms with Crippen LogP contribution in [0.2, 0.25) is 0 Å². The van der Waals surface area contributed by atoms with E-state index in [2.05, 4.69) is 10.3 Å². The third-order valence-corrected chi connectivity index (χ3v) is 8.59. The number of hydrogen-bond acceptors (Lipinski definition) is 4. The first kappa shape index (κ1) is 24.2. The first-order chi connectivity index (χ1) is 17.9. The van der Waals surface area contributed by atoms with Crippen LogP contribution in [0.25, 0.3) is 11.3 Å². The molecule has 7 heteroatoms. The summed E-state index contributed by atoms with van der Waals surface area (Å²) >= 11 is 0. The highest BCUT2D eigenvalue weighted by molar-refractivity contribution is 5.92. The summed E-state index contributed by atoms with van der Waals surface area (Å²) in [6, 6.07) is 11.1. The molecule has 4 aliphatic carbocycles. The van der Waals surface area contributed by atoms with Gasteiger partial charge in [-0.05, 0) is 91.4 Å². The molecule has 0 aliphatic heterocycles. The van der Waals surface area contributed by atoms with Gasteiger partial charge in [0.15, 0.2) is 17.5 Å². The minimum absolute atomic E-state index is 0.0217. The highest BCUT2D eigenvalue weighted by Gasteiger charge is 2.51. The van der Waals surface area contributed by atoms with Crippen molar-refractivity contribution in [3.8, 4) is 11.3 Å². The summed E-state index contributed by atoms with van der Waals surface area (Å²) in [4.78, 5) is 22.5. The van der Waals surface area contributed by atoms with E-state index in [1.807, 2.05) is 24.3 Å². The summed E-state index contributed by atoms with van der Waals surface area (Å²) in [6.07, 6.45) is 10.0. The summed E-state index contributed by atoms with van der Waals surface area (Å²) in [5.41, 5.74) is 3.82. The Morgan fingerprint density at radius 3 is 2.22 bits per heavy atom. The number of benzene rings is 2. The number of carbonyl (C=O) groups is 1. The Labute approximate surface area is 215 Å². The van der Waals surface area contributed by atoms with Crippen molar-refractivity contribution in [3.05, 3.63) is 77.1 Å². The lowest BCUT2D eigenvalue weighted by molar-refractivity contribution is -0.115. The number of aromatic nitrogens is 2. The number of hydrogen-bond donors (Lipinski definition) is 2. The van der Waals surface area contributed by atoms with E-state index in [-0.39, 0.29) is 24.3 Å². The SMILES string of the molecule is O=C(Cc1ccc(F)c(F)c1)Nc1ncc(-c2ccc(CO)cc2)nc1CC12CC3CC(CC(C3)C1)C2. The fourth-order valence-corrected chi connectivity index (χ4v) is 7.45. The van der Waals surface area contributed by atoms with Crippen molar-refractivity contribution in [2.45, 2.75) is 58.0 Å². The summed E-state index contributed by atoms with van der Waals surface area (Å²) in [6.45, 7) is -0.0217. The van der Waals surface area contributed by atoms with E-state index >= 15 is 0 Å². The van der Waals surface area contributed by atoms with Crippen LogP contribution in [-0.4, -0.2) is 21.0 Å². The molecule has 7 rings (SSSR count). The van der Waals surface area contributed by atoms with Crippen LogP contribution in [0.5, 0.6) is 0 Å². The lowest BCUT2D eigenvalue weighted by Crippen LogP contribution is -2.47. The highest BCUT2D eigenvalue weighted by Crippen LogP contribution is 2.61. The smallest absolute Gasteiger partial charge is 0.229 e. The normalized spacial score (nSPS) is 25.9. The molecule has 1 heterocycles. The van der Waals surface area contributed by atoms with E-state index < -0.39 is 11.6 Å². The molecule has 0 unspecified atom stereocenters. The van der Waals surface area contributed by atoms with Crippen molar-refractivity contribution in [2.24, 2.45) is 23.2 Å². The largest absolute Gasteiger partial charge is 0.392 e. The maximum Gasteiger partial charge on any atom is 0.229 e. The van der Waals surface area contributed by atoms with Crippen molar-refractivity contribution in [3.63, 3.8) is 0 Å². The van der Waals surface area contributed by atoms with E-state index in [0.717, 1.165) is 58.8 Å². The molecule has 3 aromatic rings. The van der Waals surface area contributed by atoms with Gasteiger partial charge in [0, 0.05) is 5.56 Å². The molecule has 1 amide bonds. The van der Waals surface area contributed by atoms with Gasteiger partial charge in [0.1, 0.15) is 0 Å². The average Bonchev–Trinajstić information content (AvgIpc) is 2.86. The number of halogens is 2. The zero-order valence-electron chi connectivity index (χ0n) is 20.7. The molecule has 0 saturated heterocycles. The lowest BCUT2D eigenvalue weighted by atomic mass is 9.48. The monoisotopic (exact) mass is 503 g/mol. The molecule has 4 saturated carbocycles. The number of aliphatic hydroxyl groups is 1. The Kier molecular flexibility index (Phi) is 6.27. The molecular formula is C30H31F2N3O2. The zero-order chi connectivity index (χ0) is 25.6. The van der Waals surface area contributed by atoms with E-state index in [0.29, 0.717) is 11.4 Å². The molecule has 1 aromatic heterocycles. The molecule has 0 atom stereocenters. The van der Waals surface area contributed by atoms with Gasteiger partial charge in [0.2, 0.25) is 5.91 Å². The van der Waals surface area contributed by atoms with Gasteiger partial charge in [0.05, 0.1) is 30.6 Å². The van der Waals surface area contributed by atoms with Gasteiger partial charge in [-0.3, -0.25) is 4.79 Å². The van der Waals surface area contributed by atoms with Gasteiger partial charge in [-0.1, -0.05) is 30.3 Å². The second kappa shape index (κ2) is 9.60. The molecular weight excluding hydrogens is 472 g/mol. The van der Waals surface area contributed by atoms with E-state index in [1.165, 1.54) is 44.6 Å². The Bertz CT molecular complexity index is 1290. The van der Waals surface area contributed by atoms with Crippen molar-refractivity contribution < 1.29 is 18.7 Å². The van der Waals surface area contributed by atoms with Gasteiger partial charge in [-0.15, -0.1) is 0 Å². The average molecular weight is 504 g/mol. The minimum atomic E-state index is -0.968. The first-order valence-electron chi connectivity index (χ1n) is 13.2. The number of nitrogens with one attached hydrogen (secondary N) is 1. The van der Waals surface area contributed by atoms with Crippen molar-refractivity contribution in [1.82, 2.24) is 9.97 Å². The molecule has 37 heavy (non-hydrogen) atoms. The maximum atomic E-state index is 13.6. The summed E-state index contributed by atoms with van der Waals surface area (Å²) in [5.74, 6) is 0.574. The van der Waals surface area contributed by atoms with Gasteiger partial charge in [-0.25, -0.2) is 18.7 Å². The van der Waals surface area contributed by atoms with Gasteiger partial charge in [0.25, 0.3) is 0 Å². The fraction of sp³-hybridized carbons (Fsp3) is 0.433. The molecule has 0 spiro atoms. The van der Waals surface area contributed by atoms with Crippen LogP contribution in [0.3, 0.4) is 0 Å². The number of amides is 1. The predicted octanol–water partition coefficient (Wildman–Crippen LogP) is 5.85. The minimum Gasteiger partial charge on any atom is -0.392 e. The Morgan fingerprint density at radius 2 is 1.59 bits per heavy atom. The van der Waals surface area contributed by atoms with Crippen LogP contribution in [0, 0.1) is 34.8 Å². The first-order valence-corrected chi connectivity index (χ1v) is 13.2. The maximum absolute atomic E-state index is 13.6. The number of rotatable bonds is 7. The third-order valence-electron chi connectivity index (χ3n) is 8.59. The summed E-state index contributed by atoms with van der Waals surface area (Å²) < 4.78 is 26.9. The van der Waals surface area contributed by atoms with Crippen LogP contribution in [-0.2, 0) is 24.2 Å². The number of anilines is 1. The molecule has 192 valence electrons. The topological polar surface area (TPSA) is 75.1 Å². The molecule has 2 aromatic carbocycles. The van der Waals surface area contributed by atoms with Gasteiger partial charge < -0.3 is 10.4 Å². The van der Waals surface area contributed by atoms with Crippen molar-refractivity contribution in [1.29, 1.82) is 0 Å². The van der Waals surface area contributed by atoms with Crippen LogP contribution < -0.4 is 5.32 Å². The number of carbonyl (C=O) groups excluding carboxylic acids is 1. The quantitative estimate of drug-likeness (QED) is 0.424. The molecule has 4 aliphatic rings. The second-order valence-electron chi connectivity index (χ2n) is 11.5. The Balaban J connectivity index is 1.29. The predicted molar refractivity (Wildman–Crippen MR) is 136 cm³/mol. The standard InChI is InChI=1S/C30H31F2N3O2/c31-24-6-3-19(10-25(24)32)11-28(37)35-29-26(15-30-12-20-7-21(13-30)9-22(8-20)14-30)34-27(16-33-29)23-4-1-18(17-36)2-5-23/h1-6,10,16,20-22,36H,7-9,11-15,17H2,(H,33,35,37). The molecule has 4 fully saturated rings. The molecule has 2 N–H and O–H groups in total. The summed E-state index contributed by atoms with van der Waals surface area (Å²) in [5, 5.41) is 12.3. The molecule has 5 nitrogen and oxygen atoms in total. The third kappa shape index (κ3) is 5.01. The van der Waals surface area contributed by atoms with Crippen LogP contribution in [0.4, 0.5) is 14.6 Å². The van der Waals surface area contributed by atoms with Gasteiger partial charge in [-0.2, -0.15) is 0 Å². The lowest BCUT2D eigenvalue weighted by Gasteiger charge is -2.57. The van der Waals surface area contributed by atoms with E-state index in [1.54, 1.807) is 6.20 Å². The summed E-state index contributed by atoms with van der Waals surface area (Å²) in [7, 11) is 0. The van der Waals surface area contributed by atoms with Crippen LogP contribution in [0.15, 0.2) is 48.7 Å². The van der Waals surface area contributed by atoms with Crippen LogP contribution in [0.1, 0.15) is 55.3 Å². The molecule has 4 bridgehead atoms. The van der Waals surface area contributed by atoms with Crippen LogP contribution >= 0.6 is 0 Å². The van der Waals surface area contributed by atoms with Gasteiger partial charge >= 0.3 is 0 Å². The fourth-order valence-electron chi connectivity index (χ4n) is 7.45. The molecule has 0 radical (unpaired) electrons. The van der Waals surface area contributed by atoms with Crippen molar-refractivity contribution in [2.75, 3.05) is 5.32 Å². The highest BCUT2D eigenvalue weighted by atomic mass is 19.2. The number of aliphatic hydroxyl groups excluding tert-OH is 1. The Hall–Kier alpha value is -3.19. The second-order valence-corrected chi connectivity index (χ2v) is 11.5. The van der Waals surface area contributed by atoms with Crippen molar-refractivity contribution >= 4 is 11.7 Å². The Morgan fingerprint density at radius 1 is 0.946 bits per heavy atom. The van der Waals surface area contributed by atoms with E-state index in [9.17, 15) is 18.7 Å².